The van der Waals surface area contributed by atoms with Gasteiger partial charge in [0.25, 0.3) is 0 Å². The largest absolute Gasteiger partial charge is 0.197 e. The monoisotopic (exact) mass is 163 g/mol. The van der Waals surface area contributed by atoms with Gasteiger partial charge in [0.2, 0.25) is 0 Å². The van der Waals surface area contributed by atoms with E-state index in [1.807, 2.05) is 30.3 Å². The van der Waals surface area contributed by atoms with Crippen molar-refractivity contribution in [3.8, 4) is 6.07 Å². The normalized spacial score (nSPS) is 12.0. The quantitative estimate of drug-likeness (QED) is 0.663. The van der Waals surface area contributed by atoms with Crippen LogP contribution in [0.4, 0.5) is 0 Å². The van der Waals surface area contributed by atoms with Gasteiger partial charge in [0.1, 0.15) is 0 Å². The van der Waals surface area contributed by atoms with Crippen molar-refractivity contribution < 1.29 is 0 Å². The standard InChI is InChI=1S/C9H9NS/c10-7-9(11)6-8-4-2-1-3-5-8/h1-5,9,11H,6H2. The highest BCUT2D eigenvalue weighted by Gasteiger charge is 2.00. The third-order valence-electron chi connectivity index (χ3n) is 1.42. The molecule has 1 atom stereocenters. The molecule has 0 aliphatic carbocycles. The zero-order valence-electron chi connectivity index (χ0n) is 6.07. The van der Waals surface area contributed by atoms with Gasteiger partial charge in [-0.15, -0.1) is 0 Å². The van der Waals surface area contributed by atoms with E-state index in [2.05, 4.69) is 18.7 Å². The second-order valence-corrected chi connectivity index (χ2v) is 2.96. The highest BCUT2D eigenvalue weighted by molar-refractivity contribution is 7.81. The molecule has 0 bridgehead atoms. The maximum atomic E-state index is 8.47. The van der Waals surface area contributed by atoms with E-state index in [1.165, 1.54) is 0 Å². The van der Waals surface area contributed by atoms with Gasteiger partial charge < -0.3 is 0 Å². The van der Waals surface area contributed by atoms with Gasteiger partial charge in [-0.1, -0.05) is 30.3 Å². The minimum Gasteiger partial charge on any atom is -0.197 e. The summed E-state index contributed by atoms with van der Waals surface area (Å²) in [7, 11) is 0. The Labute approximate surface area is 72.1 Å². The number of hydrogen-bond acceptors (Lipinski definition) is 2. The van der Waals surface area contributed by atoms with Crippen LogP contribution in [0.15, 0.2) is 30.3 Å². The third kappa shape index (κ3) is 2.65. The maximum absolute atomic E-state index is 8.47. The van der Waals surface area contributed by atoms with Crippen molar-refractivity contribution in [3.05, 3.63) is 35.9 Å². The lowest BCUT2D eigenvalue weighted by atomic mass is 10.1. The van der Waals surface area contributed by atoms with Crippen molar-refractivity contribution in [1.82, 2.24) is 0 Å². The molecule has 1 aromatic rings. The summed E-state index contributed by atoms with van der Waals surface area (Å²) in [6.07, 6.45) is 0.723. The molecule has 0 spiro atoms. The van der Waals surface area contributed by atoms with Gasteiger partial charge in [0, 0.05) is 0 Å². The fourth-order valence-electron chi connectivity index (χ4n) is 0.883. The second kappa shape index (κ2) is 4.05. The van der Waals surface area contributed by atoms with E-state index < -0.39 is 0 Å². The summed E-state index contributed by atoms with van der Waals surface area (Å²) in [6.45, 7) is 0. The van der Waals surface area contributed by atoms with Crippen molar-refractivity contribution in [3.63, 3.8) is 0 Å². The first kappa shape index (κ1) is 8.16. The van der Waals surface area contributed by atoms with Gasteiger partial charge in [-0.2, -0.15) is 17.9 Å². The van der Waals surface area contributed by atoms with E-state index in [1.54, 1.807) is 0 Å². The Morgan fingerprint density at radius 1 is 1.36 bits per heavy atom. The Bertz CT molecular complexity index is 250. The molecular formula is C9H9NS. The molecule has 56 valence electrons. The van der Waals surface area contributed by atoms with Gasteiger partial charge in [0.15, 0.2) is 0 Å². The van der Waals surface area contributed by atoms with Crippen molar-refractivity contribution in [1.29, 1.82) is 5.26 Å². The van der Waals surface area contributed by atoms with Crippen LogP contribution in [0.5, 0.6) is 0 Å². The molecular weight excluding hydrogens is 154 g/mol. The van der Waals surface area contributed by atoms with Crippen LogP contribution in [0.2, 0.25) is 0 Å². The number of thiol groups is 1. The Kier molecular flexibility index (Phi) is 3.00. The molecule has 0 amide bonds. The van der Waals surface area contributed by atoms with E-state index in [4.69, 9.17) is 5.26 Å². The van der Waals surface area contributed by atoms with E-state index in [-0.39, 0.29) is 5.25 Å². The number of benzene rings is 1. The highest BCUT2D eigenvalue weighted by Crippen LogP contribution is 2.05. The molecule has 1 unspecified atom stereocenters. The Balaban J connectivity index is 2.60. The molecule has 0 saturated heterocycles. The van der Waals surface area contributed by atoms with Gasteiger partial charge in [0.05, 0.1) is 11.3 Å². The maximum Gasteiger partial charge on any atom is 0.0927 e. The first-order chi connectivity index (χ1) is 5.33. The lowest BCUT2D eigenvalue weighted by molar-refractivity contribution is 1.04. The summed E-state index contributed by atoms with van der Waals surface area (Å²) >= 11 is 4.08. The molecule has 0 saturated carbocycles. The van der Waals surface area contributed by atoms with Gasteiger partial charge in [-0.25, -0.2) is 0 Å². The molecule has 0 aliphatic heterocycles. The first-order valence-electron chi connectivity index (χ1n) is 3.44. The lowest BCUT2D eigenvalue weighted by Gasteiger charge is -1.99. The lowest BCUT2D eigenvalue weighted by Crippen LogP contribution is -1.98. The number of hydrogen-bond donors (Lipinski definition) is 1. The van der Waals surface area contributed by atoms with Crippen molar-refractivity contribution >= 4 is 12.6 Å². The Morgan fingerprint density at radius 2 is 2.00 bits per heavy atom. The second-order valence-electron chi connectivity index (χ2n) is 2.33. The van der Waals surface area contributed by atoms with Crippen LogP contribution in [-0.2, 0) is 6.42 Å². The molecule has 0 aromatic heterocycles. The predicted octanol–water partition coefficient (Wildman–Crippen LogP) is 2.05. The van der Waals surface area contributed by atoms with E-state index >= 15 is 0 Å². The van der Waals surface area contributed by atoms with E-state index in [9.17, 15) is 0 Å². The zero-order chi connectivity index (χ0) is 8.10. The molecule has 2 heteroatoms. The minimum atomic E-state index is -0.183. The van der Waals surface area contributed by atoms with Crippen LogP contribution in [0.1, 0.15) is 5.56 Å². The van der Waals surface area contributed by atoms with Gasteiger partial charge in [-0.05, 0) is 12.0 Å². The first-order valence-corrected chi connectivity index (χ1v) is 3.96. The van der Waals surface area contributed by atoms with Crippen LogP contribution < -0.4 is 0 Å². The van der Waals surface area contributed by atoms with Gasteiger partial charge in [-0.3, -0.25) is 0 Å². The summed E-state index contributed by atoms with van der Waals surface area (Å²) < 4.78 is 0. The summed E-state index contributed by atoms with van der Waals surface area (Å²) in [5.41, 5.74) is 1.16. The number of nitriles is 1. The number of nitrogens with zero attached hydrogens (tertiary/aromatic N) is 1. The number of rotatable bonds is 2. The Hall–Kier alpha value is -0.940. The molecule has 1 aromatic carbocycles. The van der Waals surface area contributed by atoms with E-state index in [0.29, 0.717) is 0 Å². The van der Waals surface area contributed by atoms with Crippen LogP contribution >= 0.6 is 12.6 Å². The van der Waals surface area contributed by atoms with Crippen LogP contribution in [0, 0.1) is 11.3 Å². The Morgan fingerprint density at radius 3 is 2.55 bits per heavy atom. The smallest absolute Gasteiger partial charge is 0.0927 e. The molecule has 0 fully saturated rings. The SMILES string of the molecule is N#CC(S)Cc1ccccc1. The minimum absolute atomic E-state index is 0.183. The summed E-state index contributed by atoms with van der Waals surface area (Å²) in [5.74, 6) is 0. The predicted molar refractivity (Wildman–Crippen MR) is 48.5 cm³/mol. The molecule has 11 heavy (non-hydrogen) atoms. The molecule has 0 heterocycles. The zero-order valence-corrected chi connectivity index (χ0v) is 6.96. The van der Waals surface area contributed by atoms with E-state index in [0.717, 1.165) is 12.0 Å². The van der Waals surface area contributed by atoms with Crippen molar-refractivity contribution in [2.45, 2.75) is 11.7 Å². The van der Waals surface area contributed by atoms with Crippen molar-refractivity contribution in [2.24, 2.45) is 0 Å². The summed E-state index contributed by atoms with van der Waals surface area (Å²) in [5, 5.41) is 8.29. The highest BCUT2D eigenvalue weighted by atomic mass is 32.1. The van der Waals surface area contributed by atoms with Crippen LogP contribution in [-0.4, -0.2) is 5.25 Å². The molecule has 1 rings (SSSR count). The third-order valence-corrected chi connectivity index (χ3v) is 1.72. The fourth-order valence-corrected chi connectivity index (χ4v) is 1.09. The topological polar surface area (TPSA) is 23.8 Å². The van der Waals surface area contributed by atoms with Gasteiger partial charge >= 0.3 is 0 Å². The fraction of sp³-hybridized carbons (Fsp3) is 0.222. The molecule has 1 nitrogen and oxygen atoms in total. The summed E-state index contributed by atoms with van der Waals surface area (Å²) in [6, 6.07) is 12.0. The van der Waals surface area contributed by atoms with Crippen molar-refractivity contribution in [2.75, 3.05) is 0 Å². The van der Waals surface area contributed by atoms with Crippen LogP contribution in [0.25, 0.3) is 0 Å². The average Bonchev–Trinajstić information content (AvgIpc) is 2.06. The summed E-state index contributed by atoms with van der Waals surface area (Å²) in [4.78, 5) is 0. The average molecular weight is 163 g/mol. The molecule has 0 N–H and O–H groups in total. The molecule has 0 radical (unpaired) electrons. The molecule has 0 aliphatic rings. The van der Waals surface area contributed by atoms with Crippen LogP contribution in [0.3, 0.4) is 0 Å².